The van der Waals surface area contributed by atoms with Gasteiger partial charge in [-0.1, -0.05) is 234 Å². The van der Waals surface area contributed by atoms with Gasteiger partial charge >= 0.3 is 5.97 Å². The van der Waals surface area contributed by atoms with Gasteiger partial charge in [-0.25, -0.2) is 0 Å². The summed E-state index contributed by atoms with van der Waals surface area (Å²) in [7, 11) is 0. The number of aliphatic hydroxyl groups excluding tert-OH is 5. The molecule has 0 spiro atoms. The number of esters is 1. The molecule has 11 heteroatoms. The van der Waals surface area contributed by atoms with Gasteiger partial charge in [0.1, 0.15) is 24.4 Å². The molecule has 1 aliphatic rings. The third kappa shape index (κ3) is 39.9. The van der Waals surface area contributed by atoms with Crippen molar-refractivity contribution in [3.05, 3.63) is 97.2 Å². The van der Waals surface area contributed by atoms with E-state index >= 15 is 0 Å². The van der Waals surface area contributed by atoms with Gasteiger partial charge in [0.2, 0.25) is 5.91 Å². The Labute approximate surface area is 463 Å². The summed E-state index contributed by atoms with van der Waals surface area (Å²) >= 11 is 0. The summed E-state index contributed by atoms with van der Waals surface area (Å²) in [5.41, 5.74) is 0. The summed E-state index contributed by atoms with van der Waals surface area (Å²) in [6.45, 7) is 5.60. The highest BCUT2D eigenvalue weighted by Gasteiger charge is 2.47. The van der Waals surface area contributed by atoms with Gasteiger partial charge < -0.3 is 45.1 Å². The van der Waals surface area contributed by atoms with E-state index in [0.717, 1.165) is 128 Å². The molecule has 11 nitrogen and oxygen atoms in total. The van der Waals surface area contributed by atoms with Crippen molar-refractivity contribution in [3.63, 3.8) is 0 Å². The molecular weight excluding hydrogens is 955 g/mol. The van der Waals surface area contributed by atoms with Crippen molar-refractivity contribution in [2.45, 2.75) is 288 Å². The van der Waals surface area contributed by atoms with Crippen LogP contribution in [0.5, 0.6) is 0 Å². The maximum Gasteiger partial charge on any atom is 0.306 e. The van der Waals surface area contributed by atoms with Crippen LogP contribution in [0.25, 0.3) is 0 Å². The topological polar surface area (TPSA) is 175 Å². The van der Waals surface area contributed by atoms with Crippen molar-refractivity contribution in [1.29, 1.82) is 0 Å². The number of unbranched alkanes of at least 4 members (excludes halogenated alkanes) is 22. The maximum absolute atomic E-state index is 13.4. The zero-order valence-corrected chi connectivity index (χ0v) is 48.1. The van der Waals surface area contributed by atoms with E-state index in [2.05, 4.69) is 111 Å². The van der Waals surface area contributed by atoms with Crippen LogP contribution in [0.3, 0.4) is 0 Å². The molecule has 0 aromatic heterocycles. The van der Waals surface area contributed by atoms with Gasteiger partial charge in [-0.3, -0.25) is 9.59 Å². The quantitative estimate of drug-likeness (QED) is 0.0195. The highest BCUT2D eigenvalue weighted by atomic mass is 16.7. The number of ether oxygens (including phenoxy) is 3. The van der Waals surface area contributed by atoms with Crippen LogP contribution in [0.1, 0.15) is 239 Å². The second kappa shape index (κ2) is 52.3. The van der Waals surface area contributed by atoms with Gasteiger partial charge in [-0.05, 0) is 96.3 Å². The third-order valence-corrected chi connectivity index (χ3v) is 13.7. The molecule has 76 heavy (non-hydrogen) atoms. The van der Waals surface area contributed by atoms with Gasteiger partial charge in [0.15, 0.2) is 12.4 Å². The van der Waals surface area contributed by atoms with Crippen molar-refractivity contribution in [1.82, 2.24) is 5.32 Å². The Hall–Kier alpha value is -3.42. The first-order chi connectivity index (χ1) is 37.2. The second-order valence-electron chi connectivity index (χ2n) is 20.7. The Morgan fingerprint density at radius 3 is 1.47 bits per heavy atom. The number of amides is 1. The van der Waals surface area contributed by atoms with Crippen LogP contribution < -0.4 is 5.32 Å². The van der Waals surface area contributed by atoms with E-state index < -0.39 is 67.4 Å². The average molecular weight is 1070 g/mol. The molecule has 0 aromatic rings. The molecule has 1 saturated heterocycles. The third-order valence-electron chi connectivity index (χ3n) is 13.7. The first-order valence-electron chi connectivity index (χ1n) is 30.5. The van der Waals surface area contributed by atoms with Crippen molar-refractivity contribution < 1.29 is 49.3 Å². The molecule has 0 radical (unpaired) electrons. The minimum atomic E-state index is -1.62. The van der Waals surface area contributed by atoms with Gasteiger partial charge in [-0.15, -0.1) is 0 Å². The minimum absolute atomic E-state index is 0.107. The SMILES string of the molecule is CC/C=C\C/C=C\C/C=C\C/C=C\C/C=C\C/C=C\CCCCCCCC(O)C(=O)NC(COC1OC(CO)C(O)C(O)C1OC(=O)CCCCCCC/C=C\CCCC)C(O)/C=C/CCCCCCCCCCCC. The Morgan fingerprint density at radius 2 is 0.961 bits per heavy atom. The molecule has 1 rings (SSSR count). The van der Waals surface area contributed by atoms with E-state index in [1.54, 1.807) is 6.08 Å². The Balaban J connectivity index is 2.67. The normalized spacial score (nSPS) is 19.8. The van der Waals surface area contributed by atoms with E-state index in [1.165, 1.54) is 64.2 Å². The van der Waals surface area contributed by atoms with Crippen molar-refractivity contribution in [2.75, 3.05) is 13.2 Å². The molecule has 1 fully saturated rings. The number of hydrogen-bond acceptors (Lipinski definition) is 10. The summed E-state index contributed by atoms with van der Waals surface area (Å²) in [6, 6.07) is -1.04. The Kier molecular flexibility index (Phi) is 48.6. The number of nitrogens with one attached hydrogen (secondary N) is 1. The van der Waals surface area contributed by atoms with E-state index in [-0.39, 0.29) is 19.4 Å². The number of allylic oxidation sites excluding steroid dienone is 15. The van der Waals surface area contributed by atoms with Crippen molar-refractivity contribution in [3.8, 4) is 0 Å². The lowest BCUT2D eigenvalue weighted by molar-refractivity contribution is -0.305. The first kappa shape index (κ1) is 70.6. The predicted molar refractivity (Wildman–Crippen MR) is 315 cm³/mol. The fourth-order valence-corrected chi connectivity index (χ4v) is 8.87. The van der Waals surface area contributed by atoms with Crippen LogP contribution in [0.4, 0.5) is 0 Å². The van der Waals surface area contributed by atoms with E-state index in [0.29, 0.717) is 12.8 Å². The molecule has 0 saturated carbocycles. The summed E-state index contributed by atoms with van der Waals surface area (Å²) < 4.78 is 17.5. The largest absolute Gasteiger partial charge is 0.454 e. The number of carbonyl (C=O) groups excluding carboxylic acids is 2. The Morgan fingerprint density at radius 1 is 0.526 bits per heavy atom. The van der Waals surface area contributed by atoms with Crippen LogP contribution in [0, 0.1) is 0 Å². The maximum atomic E-state index is 13.4. The van der Waals surface area contributed by atoms with Gasteiger partial charge in [-0.2, -0.15) is 0 Å². The second-order valence-corrected chi connectivity index (χ2v) is 20.7. The highest BCUT2D eigenvalue weighted by molar-refractivity contribution is 5.80. The van der Waals surface area contributed by atoms with Gasteiger partial charge in [0.05, 0.1) is 25.4 Å². The van der Waals surface area contributed by atoms with E-state index in [4.69, 9.17) is 14.2 Å². The Bertz CT molecular complexity index is 1600. The van der Waals surface area contributed by atoms with E-state index in [9.17, 15) is 35.1 Å². The zero-order chi connectivity index (χ0) is 55.4. The van der Waals surface area contributed by atoms with Gasteiger partial charge in [0, 0.05) is 6.42 Å². The molecular formula is C65H111NO10. The molecule has 0 bridgehead atoms. The summed E-state index contributed by atoms with van der Waals surface area (Å²) in [6.07, 6.45) is 58.8. The molecule has 8 atom stereocenters. The number of carbonyl (C=O) groups is 2. The highest BCUT2D eigenvalue weighted by Crippen LogP contribution is 2.26. The van der Waals surface area contributed by atoms with Crippen LogP contribution in [0.15, 0.2) is 97.2 Å². The lowest BCUT2D eigenvalue weighted by atomic mass is 9.99. The average Bonchev–Trinajstić information content (AvgIpc) is 3.42. The number of aliphatic hydroxyl groups is 5. The van der Waals surface area contributed by atoms with Crippen molar-refractivity contribution >= 4 is 11.9 Å². The predicted octanol–water partition coefficient (Wildman–Crippen LogP) is 14.3. The molecule has 1 heterocycles. The molecule has 8 unspecified atom stereocenters. The van der Waals surface area contributed by atoms with Crippen molar-refractivity contribution in [2.24, 2.45) is 0 Å². The number of rotatable bonds is 50. The minimum Gasteiger partial charge on any atom is -0.454 e. The summed E-state index contributed by atoms with van der Waals surface area (Å²) in [5, 5.41) is 56.9. The van der Waals surface area contributed by atoms with E-state index in [1.807, 2.05) is 6.08 Å². The lowest BCUT2D eigenvalue weighted by Crippen LogP contribution is -2.61. The van der Waals surface area contributed by atoms with Crippen LogP contribution in [0.2, 0.25) is 0 Å². The summed E-state index contributed by atoms with van der Waals surface area (Å²) in [4.78, 5) is 26.5. The zero-order valence-electron chi connectivity index (χ0n) is 48.1. The fraction of sp³-hybridized carbons (Fsp3) is 0.723. The molecule has 1 amide bonds. The smallest absolute Gasteiger partial charge is 0.306 e. The standard InChI is InChI=1S/C65H111NO10/c1-4-7-10-13-16-19-22-24-25-26-27-28-29-30-31-32-33-34-35-38-40-43-46-49-52-58(69)64(73)66-56(57(68)51-48-45-42-39-37-23-20-17-14-11-8-5-2)55-74-65-63(62(72)61(71)59(54-67)75-65)76-60(70)53-50-47-44-41-36-21-18-15-12-9-6-3/h7,10,15-16,18-19,24-25,27-28,30-31,33-34,48,51,56-59,61-63,65,67-69,71-72H,4-6,8-9,11-14,17,20-23,26,29,32,35-47,49-50,52-55H2,1-3H3,(H,66,73)/b10-7-,18-15-,19-16-,25-24-,28-27-,31-30-,34-33-,51-48+. The number of hydrogen-bond donors (Lipinski definition) is 6. The first-order valence-corrected chi connectivity index (χ1v) is 30.5. The summed E-state index contributed by atoms with van der Waals surface area (Å²) in [5.74, 6) is -1.23. The molecule has 436 valence electrons. The lowest BCUT2D eigenvalue weighted by Gasteiger charge is -2.41. The molecule has 6 N–H and O–H groups in total. The van der Waals surface area contributed by atoms with Crippen LogP contribution in [-0.4, -0.2) is 99.6 Å². The molecule has 1 aliphatic heterocycles. The van der Waals surface area contributed by atoms with Crippen LogP contribution in [-0.2, 0) is 23.8 Å². The molecule has 0 aromatic carbocycles. The monoisotopic (exact) mass is 1070 g/mol. The van der Waals surface area contributed by atoms with Gasteiger partial charge in [0.25, 0.3) is 0 Å². The molecule has 0 aliphatic carbocycles. The fourth-order valence-electron chi connectivity index (χ4n) is 8.87. The van der Waals surface area contributed by atoms with Crippen LogP contribution >= 0.6 is 0 Å².